The van der Waals surface area contributed by atoms with Crippen LogP contribution < -0.4 is 0 Å². The molecule has 17 heavy (non-hydrogen) atoms. The van der Waals surface area contributed by atoms with E-state index in [1.54, 1.807) is 27.9 Å². The lowest BCUT2D eigenvalue weighted by Gasteiger charge is -2.26. The van der Waals surface area contributed by atoms with E-state index in [9.17, 15) is 9.59 Å². The van der Waals surface area contributed by atoms with Crippen molar-refractivity contribution < 1.29 is 24.2 Å². The number of carbonyl (C=O) groups excluding carboxylic acids is 1. The highest BCUT2D eigenvalue weighted by Gasteiger charge is 2.23. The summed E-state index contributed by atoms with van der Waals surface area (Å²) in [5, 5.41) is 8.71. The van der Waals surface area contributed by atoms with Crippen LogP contribution in [0.25, 0.3) is 0 Å². The molecule has 0 atom stereocenters. The van der Waals surface area contributed by atoms with Crippen molar-refractivity contribution in [2.75, 3.05) is 26.8 Å². The molecule has 0 aliphatic heterocycles. The summed E-state index contributed by atoms with van der Waals surface area (Å²) in [5.74, 6) is -1.06. The highest BCUT2D eigenvalue weighted by atomic mass is 16.6. The molecule has 0 saturated heterocycles. The first-order chi connectivity index (χ1) is 7.76. The normalized spacial score (nSPS) is 11.1. The standard InChI is InChI=1S/C11H21NO5/c1-11(2,3)17-10(15)12(8-9(13)14)6-5-7-16-4/h5-8H2,1-4H3,(H,13,14). The van der Waals surface area contributed by atoms with Crippen LogP contribution in [0.15, 0.2) is 0 Å². The molecule has 6 nitrogen and oxygen atoms in total. The minimum Gasteiger partial charge on any atom is -0.480 e. The van der Waals surface area contributed by atoms with Crippen LogP contribution in [0.2, 0.25) is 0 Å². The predicted octanol–water partition coefficient (Wildman–Crippen LogP) is 1.34. The first-order valence-electron chi connectivity index (χ1n) is 5.45. The van der Waals surface area contributed by atoms with E-state index >= 15 is 0 Å². The molecular weight excluding hydrogens is 226 g/mol. The van der Waals surface area contributed by atoms with Gasteiger partial charge in [0.25, 0.3) is 0 Å². The second-order valence-electron chi connectivity index (χ2n) is 4.64. The van der Waals surface area contributed by atoms with Crippen LogP contribution in [0, 0.1) is 0 Å². The van der Waals surface area contributed by atoms with Gasteiger partial charge in [-0.25, -0.2) is 4.79 Å². The van der Waals surface area contributed by atoms with Gasteiger partial charge in [0.05, 0.1) is 0 Å². The number of hydrogen-bond acceptors (Lipinski definition) is 4. The predicted molar refractivity (Wildman–Crippen MR) is 61.9 cm³/mol. The Morgan fingerprint density at radius 3 is 2.29 bits per heavy atom. The minimum atomic E-state index is -1.06. The Labute approximate surface area is 101 Å². The lowest BCUT2D eigenvalue weighted by atomic mass is 10.2. The van der Waals surface area contributed by atoms with Gasteiger partial charge in [0.15, 0.2) is 0 Å². The smallest absolute Gasteiger partial charge is 0.410 e. The molecule has 1 N–H and O–H groups in total. The zero-order valence-corrected chi connectivity index (χ0v) is 10.9. The third kappa shape index (κ3) is 8.50. The van der Waals surface area contributed by atoms with Crippen LogP contribution in [0.4, 0.5) is 4.79 Å². The van der Waals surface area contributed by atoms with E-state index in [4.69, 9.17) is 14.6 Å². The lowest BCUT2D eigenvalue weighted by molar-refractivity contribution is -0.138. The van der Waals surface area contributed by atoms with E-state index < -0.39 is 17.7 Å². The van der Waals surface area contributed by atoms with Crippen molar-refractivity contribution in [1.29, 1.82) is 0 Å². The molecule has 0 aliphatic carbocycles. The average Bonchev–Trinajstić information content (AvgIpc) is 2.13. The first-order valence-corrected chi connectivity index (χ1v) is 5.45. The summed E-state index contributed by atoms with van der Waals surface area (Å²) in [5.41, 5.74) is -0.630. The van der Waals surface area contributed by atoms with Gasteiger partial charge in [-0.3, -0.25) is 9.69 Å². The molecule has 0 aromatic heterocycles. The van der Waals surface area contributed by atoms with Crippen molar-refractivity contribution in [2.45, 2.75) is 32.8 Å². The molecule has 0 rings (SSSR count). The number of methoxy groups -OCH3 is 1. The molecular formula is C11H21NO5. The van der Waals surface area contributed by atoms with Gasteiger partial charge in [-0.05, 0) is 27.2 Å². The summed E-state index contributed by atoms with van der Waals surface area (Å²) in [4.78, 5) is 23.5. The van der Waals surface area contributed by atoms with E-state index in [-0.39, 0.29) is 6.54 Å². The van der Waals surface area contributed by atoms with Crippen molar-refractivity contribution in [3.05, 3.63) is 0 Å². The van der Waals surface area contributed by atoms with Crippen molar-refractivity contribution >= 4 is 12.1 Å². The third-order valence-corrected chi connectivity index (χ3v) is 1.75. The van der Waals surface area contributed by atoms with Crippen molar-refractivity contribution in [3.63, 3.8) is 0 Å². The number of nitrogens with zero attached hydrogens (tertiary/aromatic N) is 1. The largest absolute Gasteiger partial charge is 0.480 e. The van der Waals surface area contributed by atoms with Crippen molar-refractivity contribution in [1.82, 2.24) is 4.90 Å². The summed E-state index contributed by atoms with van der Waals surface area (Å²) in [6, 6.07) is 0. The number of aliphatic carboxylic acids is 1. The fraction of sp³-hybridized carbons (Fsp3) is 0.818. The third-order valence-electron chi connectivity index (χ3n) is 1.75. The molecule has 6 heteroatoms. The quantitative estimate of drug-likeness (QED) is 0.717. The number of carboxylic acid groups (broad SMARTS) is 1. The number of hydrogen-bond donors (Lipinski definition) is 1. The van der Waals surface area contributed by atoms with E-state index in [2.05, 4.69) is 0 Å². The van der Waals surface area contributed by atoms with Gasteiger partial charge in [0, 0.05) is 20.3 Å². The minimum absolute atomic E-state index is 0.301. The Morgan fingerprint density at radius 1 is 1.29 bits per heavy atom. The molecule has 0 aromatic rings. The maximum absolute atomic E-state index is 11.7. The molecule has 0 saturated carbocycles. The fourth-order valence-electron chi connectivity index (χ4n) is 1.12. The summed E-state index contributed by atoms with van der Waals surface area (Å²) in [6.45, 7) is 5.61. The lowest BCUT2D eigenvalue weighted by Crippen LogP contribution is -2.40. The van der Waals surface area contributed by atoms with Gasteiger partial charge in [-0.2, -0.15) is 0 Å². The van der Waals surface area contributed by atoms with Crippen LogP contribution in [0.1, 0.15) is 27.2 Å². The Kier molecular flexibility index (Phi) is 6.57. The molecule has 0 radical (unpaired) electrons. The second-order valence-corrected chi connectivity index (χ2v) is 4.64. The van der Waals surface area contributed by atoms with Gasteiger partial charge in [-0.15, -0.1) is 0 Å². The maximum atomic E-state index is 11.7. The molecule has 100 valence electrons. The number of amides is 1. The van der Waals surface area contributed by atoms with E-state index in [0.29, 0.717) is 19.6 Å². The molecule has 0 unspecified atom stereocenters. The number of carbonyl (C=O) groups is 2. The monoisotopic (exact) mass is 247 g/mol. The molecule has 0 heterocycles. The van der Waals surface area contributed by atoms with E-state index in [1.165, 1.54) is 0 Å². The van der Waals surface area contributed by atoms with Crippen LogP contribution in [0.5, 0.6) is 0 Å². The molecule has 0 fully saturated rings. The highest BCUT2D eigenvalue weighted by molar-refractivity contribution is 5.76. The van der Waals surface area contributed by atoms with E-state index in [0.717, 1.165) is 4.90 Å². The maximum Gasteiger partial charge on any atom is 0.410 e. The summed E-state index contributed by atoms with van der Waals surface area (Å²) in [7, 11) is 1.55. The van der Waals surface area contributed by atoms with Gasteiger partial charge < -0.3 is 14.6 Å². The zero-order chi connectivity index (χ0) is 13.5. The van der Waals surface area contributed by atoms with Crippen molar-refractivity contribution in [2.24, 2.45) is 0 Å². The summed E-state index contributed by atoms with van der Waals surface area (Å²) < 4.78 is 9.97. The molecule has 0 aromatic carbocycles. The summed E-state index contributed by atoms with van der Waals surface area (Å²) in [6.07, 6.45) is -0.0424. The molecule has 1 amide bonds. The van der Waals surface area contributed by atoms with E-state index in [1.807, 2.05) is 0 Å². The molecule has 0 bridgehead atoms. The molecule has 0 aliphatic rings. The summed E-state index contributed by atoms with van der Waals surface area (Å²) >= 11 is 0. The van der Waals surface area contributed by atoms with Gasteiger partial charge in [0.1, 0.15) is 12.1 Å². The first kappa shape index (κ1) is 15.7. The van der Waals surface area contributed by atoms with Gasteiger partial charge in [0.2, 0.25) is 0 Å². The second kappa shape index (κ2) is 7.11. The van der Waals surface area contributed by atoms with Crippen LogP contribution in [-0.4, -0.2) is 54.5 Å². The zero-order valence-electron chi connectivity index (χ0n) is 10.9. The topological polar surface area (TPSA) is 76.1 Å². The SMILES string of the molecule is COCCCN(CC(=O)O)C(=O)OC(C)(C)C. The van der Waals surface area contributed by atoms with Gasteiger partial charge in [-0.1, -0.05) is 0 Å². The number of carboxylic acids is 1. The highest BCUT2D eigenvalue weighted by Crippen LogP contribution is 2.10. The Bertz CT molecular complexity index is 259. The van der Waals surface area contributed by atoms with Crippen LogP contribution >= 0.6 is 0 Å². The Morgan fingerprint density at radius 2 is 1.88 bits per heavy atom. The van der Waals surface area contributed by atoms with Gasteiger partial charge >= 0.3 is 12.1 Å². The van der Waals surface area contributed by atoms with Crippen LogP contribution in [-0.2, 0) is 14.3 Å². The molecule has 0 spiro atoms. The van der Waals surface area contributed by atoms with Crippen LogP contribution in [0.3, 0.4) is 0 Å². The average molecular weight is 247 g/mol. The number of ether oxygens (including phenoxy) is 2. The van der Waals surface area contributed by atoms with Crippen molar-refractivity contribution in [3.8, 4) is 0 Å². The number of rotatable bonds is 6. The Hall–Kier alpha value is -1.30. The Balaban J connectivity index is 4.34. The fourth-order valence-corrected chi connectivity index (χ4v) is 1.12.